The van der Waals surface area contributed by atoms with E-state index < -0.39 is 21.9 Å². The predicted octanol–water partition coefficient (Wildman–Crippen LogP) is 1.86. The highest BCUT2D eigenvalue weighted by Crippen LogP contribution is 2.26. The van der Waals surface area contributed by atoms with E-state index in [4.69, 9.17) is 5.73 Å². The highest BCUT2D eigenvalue weighted by molar-refractivity contribution is 9.10. The van der Waals surface area contributed by atoms with Gasteiger partial charge in [0.05, 0.1) is 16.8 Å². The summed E-state index contributed by atoms with van der Waals surface area (Å²) in [6.07, 6.45) is 0.484. The zero-order chi connectivity index (χ0) is 15.5. The SMILES string of the molecule is CC(C)CC(CO)NS(=O)(=O)c1cc(Br)c(F)cc1N. The second-order valence-corrected chi connectivity index (χ2v) is 7.47. The lowest BCUT2D eigenvalue weighted by atomic mass is 10.1. The first-order chi connectivity index (χ1) is 9.17. The van der Waals surface area contributed by atoms with Gasteiger partial charge in [-0.3, -0.25) is 0 Å². The molecule has 1 rings (SSSR count). The lowest BCUT2D eigenvalue weighted by Crippen LogP contribution is -2.38. The molecule has 0 fully saturated rings. The Labute approximate surface area is 126 Å². The van der Waals surface area contributed by atoms with E-state index in [9.17, 15) is 17.9 Å². The van der Waals surface area contributed by atoms with Crippen LogP contribution in [-0.2, 0) is 10.0 Å². The maximum atomic E-state index is 13.3. The fraction of sp³-hybridized carbons (Fsp3) is 0.500. The molecule has 0 aliphatic carbocycles. The van der Waals surface area contributed by atoms with E-state index in [0.717, 1.165) is 12.1 Å². The first-order valence-electron chi connectivity index (χ1n) is 6.05. The van der Waals surface area contributed by atoms with Crippen LogP contribution in [0.3, 0.4) is 0 Å². The van der Waals surface area contributed by atoms with E-state index in [1.807, 2.05) is 13.8 Å². The van der Waals surface area contributed by atoms with Crippen LogP contribution < -0.4 is 10.5 Å². The van der Waals surface area contributed by atoms with Crippen LogP contribution in [0.5, 0.6) is 0 Å². The molecule has 0 saturated carbocycles. The Kier molecular flexibility index (Phi) is 5.93. The molecule has 0 aliphatic rings. The minimum absolute atomic E-state index is 0.0106. The Balaban J connectivity index is 3.08. The molecule has 1 unspecified atom stereocenters. The monoisotopic (exact) mass is 368 g/mol. The number of aliphatic hydroxyl groups excluding tert-OH is 1. The summed E-state index contributed by atoms with van der Waals surface area (Å²) < 4.78 is 40.1. The topological polar surface area (TPSA) is 92.4 Å². The molecule has 1 aromatic rings. The Hall–Kier alpha value is -0.700. The van der Waals surface area contributed by atoms with Crippen molar-refractivity contribution in [1.29, 1.82) is 0 Å². The molecule has 1 aromatic carbocycles. The van der Waals surface area contributed by atoms with Crippen LogP contribution in [0.1, 0.15) is 20.3 Å². The smallest absolute Gasteiger partial charge is 0.242 e. The quantitative estimate of drug-likeness (QED) is 0.668. The van der Waals surface area contributed by atoms with Crippen molar-refractivity contribution in [1.82, 2.24) is 4.72 Å². The van der Waals surface area contributed by atoms with Crippen LogP contribution in [-0.4, -0.2) is 26.2 Å². The summed E-state index contributed by atoms with van der Waals surface area (Å²) in [6.45, 7) is 3.51. The third-order valence-corrected chi connectivity index (χ3v) is 4.82. The predicted molar refractivity (Wildman–Crippen MR) is 79.2 cm³/mol. The summed E-state index contributed by atoms with van der Waals surface area (Å²) in [5.74, 6) is -0.422. The normalized spacial score (nSPS) is 13.7. The molecule has 0 aromatic heterocycles. The molecule has 0 spiro atoms. The number of nitrogens with one attached hydrogen (secondary N) is 1. The highest BCUT2D eigenvalue weighted by atomic mass is 79.9. The molecule has 8 heteroatoms. The average molecular weight is 369 g/mol. The summed E-state index contributed by atoms with van der Waals surface area (Å²) in [4.78, 5) is -0.215. The van der Waals surface area contributed by atoms with Gasteiger partial charge >= 0.3 is 0 Å². The minimum Gasteiger partial charge on any atom is -0.398 e. The zero-order valence-electron chi connectivity index (χ0n) is 11.2. The molecular formula is C12H18BrFN2O3S. The average Bonchev–Trinajstić information content (AvgIpc) is 2.31. The summed E-state index contributed by atoms with van der Waals surface area (Å²) >= 11 is 2.92. The maximum absolute atomic E-state index is 13.3. The Bertz CT molecular complexity index is 578. The molecule has 1 atom stereocenters. The first kappa shape index (κ1) is 17.4. The molecule has 0 bridgehead atoms. The van der Waals surface area contributed by atoms with Crippen molar-refractivity contribution in [2.75, 3.05) is 12.3 Å². The number of nitrogen functional groups attached to an aromatic ring is 1. The van der Waals surface area contributed by atoms with E-state index in [0.29, 0.717) is 6.42 Å². The number of rotatable bonds is 6. The van der Waals surface area contributed by atoms with Crippen LogP contribution in [0, 0.1) is 11.7 Å². The van der Waals surface area contributed by atoms with Gasteiger partial charge in [0, 0.05) is 6.04 Å². The Morgan fingerprint density at radius 3 is 2.55 bits per heavy atom. The van der Waals surface area contributed by atoms with E-state index in [-0.39, 0.29) is 27.6 Å². The van der Waals surface area contributed by atoms with Crippen molar-refractivity contribution < 1.29 is 17.9 Å². The molecule has 0 saturated heterocycles. The summed E-state index contributed by atoms with van der Waals surface area (Å²) in [5.41, 5.74) is 5.37. The molecule has 0 amide bonds. The van der Waals surface area contributed by atoms with E-state index in [1.54, 1.807) is 0 Å². The van der Waals surface area contributed by atoms with Gasteiger partial charge in [0.1, 0.15) is 10.7 Å². The van der Waals surface area contributed by atoms with E-state index in [2.05, 4.69) is 20.7 Å². The molecule has 4 N–H and O–H groups in total. The number of anilines is 1. The number of benzene rings is 1. The summed E-state index contributed by atoms with van der Waals surface area (Å²) in [5, 5.41) is 9.23. The molecule has 0 heterocycles. The van der Waals surface area contributed by atoms with Gasteiger partial charge in [-0.25, -0.2) is 17.5 Å². The van der Waals surface area contributed by atoms with Crippen LogP contribution in [0.2, 0.25) is 0 Å². The van der Waals surface area contributed by atoms with Crippen molar-refractivity contribution in [3.8, 4) is 0 Å². The van der Waals surface area contributed by atoms with Gasteiger partial charge in [0.15, 0.2) is 0 Å². The maximum Gasteiger partial charge on any atom is 0.242 e. The number of nitrogens with two attached hydrogens (primary N) is 1. The molecule has 114 valence electrons. The zero-order valence-corrected chi connectivity index (χ0v) is 13.6. The molecule has 20 heavy (non-hydrogen) atoms. The highest BCUT2D eigenvalue weighted by Gasteiger charge is 2.23. The Morgan fingerprint density at radius 1 is 1.45 bits per heavy atom. The van der Waals surface area contributed by atoms with Gasteiger partial charge in [-0.2, -0.15) is 0 Å². The second-order valence-electron chi connectivity index (χ2n) is 4.93. The van der Waals surface area contributed by atoms with Crippen LogP contribution in [0.4, 0.5) is 10.1 Å². The van der Waals surface area contributed by atoms with Crippen molar-refractivity contribution >= 4 is 31.6 Å². The number of halogens is 2. The van der Waals surface area contributed by atoms with Gasteiger partial charge in [-0.15, -0.1) is 0 Å². The molecule has 0 radical (unpaired) electrons. The van der Waals surface area contributed by atoms with Gasteiger partial charge in [-0.05, 0) is 40.4 Å². The van der Waals surface area contributed by atoms with E-state index in [1.165, 1.54) is 0 Å². The fourth-order valence-corrected chi connectivity index (χ4v) is 3.66. The minimum atomic E-state index is -3.92. The third-order valence-electron chi connectivity index (χ3n) is 2.64. The van der Waals surface area contributed by atoms with Crippen molar-refractivity contribution in [3.05, 3.63) is 22.4 Å². The lowest BCUT2D eigenvalue weighted by molar-refractivity contribution is 0.240. The van der Waals surface area contributed by atoms with Crippen molar-refractivity contribution in [2.45, 2.75) is 31.2 Å². The second kappa shape index (κ2) is 6.84. The van der Waals surface area contributed by atoms with Crippen LogP contribution in [0.25, 0.3) is 0 Å². The van der Waals surface area contributed by atoms with Gasteiger partial charge in [-0.1, -0.05) is 13.8 Å². The third kappa shape index (κ3) is 4.41. The number of sulfonamides is 1. The number of hydrogen-bond acceptors (Lipinski definition) is 4. The van der Waals surface area contributed by atoms with Gasteiger partial charge in [0.2, 0.25) is 10.0 Å². The van der Waals surface area contributed by atoms with E-state index >= 15 is 0 Å². The fourth-order valence-electron chi connectivity index (χ4n) is 1.79. The van der Waals surface area contributed by atoms with Crippen molar-refractivity contribution in [2.24, 2.45) is 5.92 Å². The van der Waals surface area contributed by atoms with Crippen LogP contribution in [0.15, 0.2) is 21.5 Å². The Morgan fingerprint density at radius 2 is 2.05 bits per heavy atom. The molecule has 0 aliphatic heterocycles. The largest absolute Gasteiger partial charge is 0.398 e. The lowest BCUT2D eigenvalue weighted by Gasteiger charge is -2.19. The van der Waals surface area contributed by atoms with Gasteiger partial charge in [0.25, 0.3) is 0 Å². The molecule has 5 nitrogen and oxygen atoms in total. The first-order valence-corrected chi connectivity index (χ1v) is 8.32. The molecular weight excluding hydrogens is 351 g/mol. The standard InChI is InChI=1S/C12H18BrFN2O3S/c1-7(2)3-8(6-17)16-20(18,19)12-4-9(13)10(14)5-11(12)15/h4-5,7-8,16-17H,3,6,15H2,1-2H3. The van der Waals surface area contributed by atoms with Gasteiger partial charge < -0.3 is 10.8 Å². The number of hydrogen-bond donors (Lipinski definition) is 3. The van der Waals surface area contributed by atoms with Crippen molar-refractivity contribution in [3.63, 3.8) is 0 Å². The van der Waals surface area contributed by atoms with Crippen LogP contribution >= 0.6 is 15.9 Å². The summed E-state index contributed by atoms with van der Waals surface area (Å²) in [6, 6.07) is 1.44. The summed E-state index contributed by atoms with van der Waals surface area (Å²) in [7, 11) is -3.92. The number of aliphatic hydroxyl groups is 1.